The predicted molar refractivity (Wildman–Crippen MR) is 597 cm³/mol. The van der Waals surface area contributed by atoms with Crippen molar-refractivity contribution in [3.8, 4) is 44.5 Å². The van der Waals surface area contributed by atoms with Gasteiger partial charge in [0.15, 0.2) is 0 Å². The number of halogens is 4. The van der Waals surface area contributed by atoms with E-state index >= 15 is 0 Å². The molecule has 0 N–H and O–H groups in total. The van der Waals surface area contributed by atoms with Crippen LogP contribution in [-0.2, 0) is 12.8 Å². The molecule has 0 atom stereocenters. The van der Waals surface area contributed by atoms with Gasteiger partial charge in [0.1, 0.15) is 0 Å². The summed E-state index contributed by atoms with van der Waals surface area (Å²) in [5, 5.41) is 0. The van der Waals surface area contributed by atoms with Crippen LogP contribution in [0.25, 0.3) is 44.5 Å². The summed E-state index contributed by atoms with van der Waals surface area (Å²) in [6, 6.07) is 89.7. The molecule has 0 aliphatic heterocycles. The second-order valence-electron chi connectivity index (χ2n) is 36.8. The first-order valence-corrected chi connectivity index (χ1v) is 49.5. The van der Waals surface area contributed by atoms with Crippen LogP contribution in [0.15, 0.2) is 267 Å². The van der Waals surface area contributed by atoms with Crippen molar-refractivity contribution in [2.75, 3.05) is 0 Å². The van der Waals surface area contributed by atoms with Crippen LogP contribution in [0.1, 0.15) is 213 Å². The lowest BCUT2D eigenvalue weighted by molar-refractivity contribution is 1.11. The smallest absolute Gasteiger partial charge is 0.0297 e. The van der Waals surface area contributed by atoms with Crippen molar-refractivity contribution in [2.24, 2.45) is 0 Å². The van der Waals surface area contributed by atoms with Crippen LogP contribution in [-0.4, -0.2) is 0 Å². The monoisotopic (exact) mass is 1990 g/mol. The zero-order chi connectivity index (χ0) is 97.7. The Balaban J connectivity index is 0.000000228. The molecule has 0 aromatic heterocycles. The summed E-state index contributed by atoms with van der Waals surface area (Å²) in [6.07, 6.45) is 2.17. The molecule has 0 heterocycles. The van der Waals surface area contributed by atoms with Crippen molar-refractivity contribution in [1.82, 2.24) is 0 Å². The maximum Gasteiger partial charge on any atom is 0.0297 e. The predicted octanol–water partition coefficient (Wildman–Crippen LogP) is 39.2. The van der Waals surface area contributed by atoms with E-state index in [1.807, 2.05) is 0 Å². The van der Waals surface area contributed by atoms with Crippen molar-refractivity contribution in [1.29, 1.82) is 0 Å². The van der Waals surface area contributed by atoms with Gasteiger partial charge in [-0.3, -0.25) is 0 Å². The second-order valence-corrected chi connectivity index (χ2v) is 40.0. The zero-order valence-corrected chi connectivity index (χ0v) is 92.4. The van der Waals surface area contributed by atoms with Crippen LogP contribution < -0.4 is 0 Å². The van der Waals surface area contributed by atoms with Gasteiger partial charge in [-0.05, 0) is 496 Å². The van der Waals surface area contributed by atoms with Crippen LogP contribution in [0.5, 0.6) is 0 Å². The number of hydrogen-bond donors (Lipinski definition) is 0. The molecule has 0 bridgehead atoms. The minimum Gasteiger partial charge on any atom is -0.0617 e. The molecule has 15 aromatic carbocycles. The van der Waals surface area contributed by atoms with Crippen molar-refractivity contribution in [3.05, 3.63) is 472 Å². The van der Waals surface area contributed by atoms with Gasteiger partial charge >= 0.3 is 0 Å². The highest BCUT2D eigenvalue weighted by Crippen LogP contribution is 2.49. The quantitative estimate of drug-likeness (QED) is 0.149. The lowest BCUT2D eigenvalue weighted by Crippen LogP contribution is -1.99. The zero-order valence-electron chi connectivity index (χ0n) is 86.1. The summed E-state index contributed by atoms with van der Waals surface area (Å²) >= 11 is 15.3. The van der Waals surface area contributed by atoms with Gasteiger partial charge in [-0.15, -0.1) is 0 Å². The van der Waals surface area contributed by atoms with Gasteiger partial charge in [-0.2, -0.15) is 0 Å². The van der Waals surface area contributed by atoms with Crippen LogP contribution in [0, 0.1) is 235 Å². The molecule has 0 radical (unpaired) electrons. The Kier molecular flexibility index (Phi) is 44.2. The van der Waals surface area contributed by atoms with E-state index in [9.17, 15) is 0 Å². The summed E-state index contributed by atoms with van der Waals surface area (Å²) in [5.41, 5.74) is 60.5. The molecule has 0 fully saturated rings. The molecule has 0 nitrogen and oxygen atoms in total. The Morgan fingerprint density at radius 2 is 0.366 bits per heavy atom. The molecule has 131 heavy (non-hydrogen) atoms. The lowest BCUT2D eigenvalue weighted by Gasteiger charge is -2.22. The van der Waals surface area contributed by atoms with Crippen molar-refractivity contribution in [3.63, 3.8) is 0 Å². The average Bonchev–Trinajstić information content (AvgIpc) is 0.748. The van der Waals surface area contributed by atoms with Gasteiger partial charge in [0, 0.05) is 29.0 Å². The number of rotatable bonds is 7. The van der Waals surface area contributed by atoms with Gasteiger partial charge in [0.25, 0.3) is 0 Å². The van der Waals surface area contributed by atoms with E-state index in [1.54, 1.807) is 0 Å². The molecule has 686 valence electrons. The maximum atomic E-state index is 3.82. The summed E-state index contributed by atoms with van der Waals surface area (Å²) in [4.78, 5) is 0. The van der Waals surface area contributed by atoms with E-state index in [1.165, 1.54) is 250 Å². The SMILES string of the molecule is CCc1cc(C)c(C)c(C)c1.Cc1c(C)c(Br)c(-c2c(Br)c(C)c(C)c(C)c2Br)c(Br)c1C.Cc1cc(-c2cc(C)c(C)c(C)c2)cc(C)c1C.Cc1cc(C)c(C)c(C)c1.Cc1ccc(-c2ccc(C)c(C)c2)cc1C.Cc1ccc(-c2ccc(C)cc2)cc1.Cc1ccc(C)c(C)c1.Cc1ccc(C)cc1.Cc1ccc(Cc2ccc(C)cc2)cc1.Cc1cccc(C)c1. The Hall–Kier alpha value is -9.78. The first-order valence-electron chi connectivity index (χ1n) is 46.3. The normalized spacial score (nSPS) is 10.3. The standard InChI is InChI=1S/C18H18Br4.C18H22.C16H18.C15H16.C14H14.C11H16.C10H14.C9H12.2C8H10/c1-7-9(3)15(19)13(16(20)10(7)4)14-17(21)11(5)8(2)12(6)18(14)22;1-11-7-17(8-12(2)15(11)5)18-9-13(3)16(6)14(4)10-18;1-11-5-7-15(9-13(11)3)16-8-6-12(2)14(4)10-16;1-12-3-7-14(8-4-12)11-15-9-5-13(2)6-10-15;1-11-3-7-13(8-4-11)14-9-5-12(2)6-10-14;1-5-11-6-8(2)10(4)9(3)7-11;1-7-5-8(2)10(4)9(3)6-7;1-7-4-5-8(2)9(3)6-7;1-7-3-5-8(2)6-4-7;1-7-4-3-5-8(2)6-7/h1-6H3;7-10H,1-6H3;5-10H,1-4H3;3-10H,11H2,1-2H3;3-10H,1-2H3;6-7H,5H2,1-4H3;5-6H,1-4H3;4-6H,1-3H3;2*3-6H,1-2H3. The molecule has 15 aromatic rings. The lowest BCUT2D eigenvalue weighted by atomic mass is 9.92. The van der Waals surface area contributed by atoms with Crippen molar-refractivity contribution in [2.45, 2.75) is 255 Å². The molecule has 0 saturated carbocycles. The highest BCUT2D eigenvalue weighted by molar-refractivity contribution is 9.11. The van der Waals surface area contributed by atoms with E-state index in [4.69, 9.17) is 0 Å². The first kappa shape index (κ1) is 110. The van der Waals surface area contributed by atoms with E-state index in [2.05, 4.69) is 555 Å². The number of hydrogen-bond acceptors (Lipinski definition) is 0. The highest BCUT2D eigenvalue weighted by atomic mass is 79.9. The van der Waals surface area contributed by atoms with Crippen LogP contribution in [0.3, 0.4) is 0 Å². The van der Waals surface area contributed by atoms with Crippen LogP contribution in [0.4, 0.5) is 0 Å². The van der Waals surface area contributed by atoms with Crippen molar-refractivity contribution < 1.29 is 0 Å². The third-order valence-corrected chi connectivity index (χ3v) is 29.8. The van der Waals surface area contributed by atoms with Crippen LogP contribution >= 0.6 is 63.7 Å². The molecule has 15 rings (SSSR count). The first-order chi connectivity index (χ1) is 61.6. The fourth-order valence-corrected chi connectivity index (χ4v) is 18.2. The van der Waals surface area contributed by atoms with Crippen LogP contribution in [0.2, 0.25) is 0 Å². The number of aryl methyl sites for hydroxylation is 25. The molecule has 0 aliphatic carbocycles. The fourth-order valence-electron chi connectivity index (χ4n) is 14.9. The fraction of sp³-hybridized carbons (Fsp3) is 0.291. The molecule has 0 spiro atoms. The molecule has 0 aliphatic rings. The second kappa shape index (κ2) is 52.6. The van der Waals surface area contributed by atoms with E-state index in [-0.39, 0.29) is 0 Å². The van der Waals surface area contributed by atoms with E-state index in [0.29, 0.717) is 0 Å². The minimum absolute atomic E-state index is 1.03. The third-order valence-electron chi connectivity index (χ3n) is 25.8. The van der Waals surface area contributed by atoms with E-state index < -0.39 is 0 Å². The molecule has 4 heteroatoms. The summed E-state index contributed by atoms with van der Waals surface area (Å²) in [7, 11) is 0. The third kappa shape index (κ3) is 33.7. The van der Waals surface area contributed by atoms with Gasteiger partial charge in [0.2, 0.25) is 0 Å². The summed E-state index contributed by atoms with van der Waals surface area (Å²) in [5.74, 6) is 0. The molecular formula is C127H150Br4. The Bertz CT molecular complexity index is 5830. The maximum absolute atomic E-state index is 3.82. The Morgan fingerprint density at radius 3 is 0.618 bits per heavy atom. The Morgan fingerprint density at radius 1 is 0.153 bits per heavy atom. The largest absolute Gasteiger partial charge is 0.0617 e. The Labute approximate surface area is 828 Å². The van der Waals surface area contributed by atoms with Gasteiger partial charge in [-0.25, -0.2) is 0 Å². The van der Waals surface area contributed by atoms with Gasteiger partial charge in [-0.1, -0.05) is 311 Å². The number of benzene rings is 15. The van der Waals surface area contributed by atoms with E-state index in [0.717, 1.165) is 30.7 Å². The molecule has 0 saturated heterocycles. The topological polar surface area (TPSA) is 0 Å². The molecule has 0 amide bonds. The highest BCUT2D eigenvalue weighted by Gasteiger charge is 2.24. The minimum atomic E-state index is 1.03. The van der Waals surface area contributed by atoms with Gasteiger partial charge < -0.3 is 0 Å². The summed E-state index contributed by atoms with van der Waals surface area (Å²) in [6.45, 7) is 75.4. The van der Waals surface area contributed by atoms with Gasteiger partial charge in [0.05, 0.1) is 0 Å². The molecule has 0 unspecified atom stereocenters. The summed E-state index contributed by atoms with van der Waals surface area (Å²) < 4.78 is 4.58. The average molecular weight is 2000 g/mol. The van der Waals surface area contributed by atoms with Crippen molar-refractivity contribution >= 4 is 63.7 Å². The molecular weight excluding hydrogens is 1850 g/mol.